The van der Waals surface area contributed by atoms with Crippen molar-refractivity contribution in [1.82, 2.24) is 9.88 Å². The van der Waals surface area contributed by atoms with E-state index in [0.717, 1.165) is 19.4 Å². The Kier molecular flexibility index (Phi) is 2.62. The van der Waals surface area contributed by atoms with Gasteiger partial charge < -0.3 is 10.1 Å². The van der Waals surface area contributed by atoms with E-state index in [1.165, 1.54) is 27.7 Å². The van der Waals surface area contributed by atoms with Crippen LogP contribution >= 0.6 is 0 Å². The maximum Gasteiger partial charge on any atom is 0.0514 e. The number of allylic oxidation sites excluding steroid dienone is 1. The normalized spacial score (nSPS) is 37.7. The maximum absolute atomic E-state index is 9.99. The number of aromatic nitrogens is 1. The first-order valence-corrected chi connectivity index (χ1v) is 8.43. The number of fused-ring (bicyclic) bond motifs is 4. The highest BCUT2D eigenvalue weighted by atomic mass is 16.3. The topological polar surface area (TPSA) is 39.3 Å². The Morgan fingerprint density at radius 1 is 1.36 bits per heavy atom. The van der Waals surface area contributed by atoms with Crippen LogP contribution in [0, 0.1) is 11.8 Å². The number of para-hydroxylation sites is 1. The van der Waals surface area contributed by atoms with Crippen LogP contribution in [0.5, 0.6) is 0 Å². The van der Waals surface area contributed by atoms with Gasteiger partial charge in [-0.05, 0) is 37.3 Å². The number of piperidine rings is 3. The number of hydrogen-bond acceptors (Lipinski definition) is 2. The van der Waals surface area contributed by atoms with Gasteiger partial charge in [-0.15, -0.1) is 0 Å². The van der Waals surface area contributed by atoms with Crippen LogP contribution in [-0.4, -0.2) is 34.2 Å². The fraction of sp³-hybridized carbons (Fsp3) is 0.474. The van der Waals surface area contributed by atoms with Gasteiger partial charge >= 0.3 is 0 Å². The highest BCUT2D eigenvalue weighted by Gasteiger charge is 2.52. The van der Waals surface area contributed by atoms with Gasteiger partial charge in [0, 0.05) is 41.7 Å². The van der Waals surface area contributed by atoms with Crippen LogP contribution in [0.1, 0.15) is 30.6 Å². The lowest BCUT2D eigenvalue weighted by atomic mass is 9.64. The average Bonchev–Trinajstić information content (AvgIpc) is 2.93. The molecule has 5 atom stereocenters. The molecule has 114 valence electrons. The third-order valence-corrected chi connectivity index (χ3v) is 6.33. The third-order valence-electron chi connectivity index (χ3n) is 6.33. The summed E-state index contributed by atoms with van der Waals surface area (Å²) in [6.45, 7) is 3.55. The Labute approximate surface area is 130 Å². The zero-order valence-electron chi connectivity index (χ0n) is 12.9. The van der Waals surface area contributed by atoms with E-state index in [4.69, 9.17) is 0 Å². The molecule has 0 amide bonds. The number of H-pyrrole nitrogens is 1. The molecule has 4 aliphatic heterocycles. The van der Waals surface area contributed by atoms with Crippen molar-refractivity contribution in [3.8, 4) is 0 Å². The first kappa shape index (κ1) is 12.9. The molecule has 3 heteroatoms. The molecule has 4 aliphatic rings. The van der Waals surface area contributed by atoms with E-state index in [1.54, 1.807) is 0 Å². The Bertz CT molecular complexity index is 775. The standard InChI is InChI=1S/C19H22N2O/c1-2-11-9-21-17-8-14-12-5-3-4-6-16(12)20-19(14)18(21)7-13(11)15(17)10-22/h2-6,13,15,17-18,20,22H,7-10H2,1H3/b11-2-/t13-,15+,17-,18+/m1/s1. The minimum Gasteiger partial charge on any atom is -0.396 e. The first-order chi connectivity index (χ1) is 10.8. The summed E-state index contributed by atoms with van der Waals surface area (Å²) in [6.07, 6.45) is 4.51. The van der Waals surface area contributed by atoms with Gasteiger partial charge in [-0.25, -0.2) is 0 Å². The zero-order chi connectivity index (χ0) is 14.8. The summed E-state index contributed by atoms with van der Waals surface area (Å²) < 4.78 is 0. The lowest BCUT2D eigenvalue weighted by molar-refractivity contribution is -0.0503. The minimum atomic E-state index is 0.313. The summed E-state index contributed by atoms with van der Waals surface area (Å²) in [5, 5.41) is 11.4. The minimum absolute atomic E-state index is 0.313. The van der Waals surface area contributed by atoms with Gasteiger partial charge in [0.05, 0.1) is 6.04 Å². The van der Waals surface area contributed by atoms with E-state index in [-0.39, 0.29) is 0 Å². The number of hydrogen-bond donors (Lipinski definition) is 2. The van der Waals surface area contributed by atoms with E-state index < -0.39 is 0 Å². The highest BCUT2D eigenvalue weighted by molar-refractivity contribution is 5.85. The van der Waals surface area contributed by atoms with E-state index in [1.807, 2.05) is 0 Å². The molecule has 2 aromatic rings. The predicted octanol–water partition coefficient (Wildman–Crippen LogP) is 3.02. The van der Waals surface area contributed by atoms with Crippen molar-refractivity contribution in [2.45, 2.75) is 31.8 Å². The molecule has 0 spiro atoms. The fourth-order valence-corrected chi connectivity index (χ4v) is 5.32. The number of aromatic amines is 1. The molecular weight excluding hydrogens is 272 g/mol. The van der Waals surface area contributed by atoms with Crippen molar-refractivity contribution < 1.29 is 5.11 Å². The predicted molar refractivity (Wildman–Crippen MR) is 87.7 cm³/mol. The second-order valence-corrected chi connectivity index (χ2v) is 7.07. The number of rotatable bonds is 1. The summed E-state index contributed by atoms with van der Waals surface area (Å²) in [4.78, 5) is 6.35. The number of aliphatic hydroxyl groups is 1. The van der Waals surface area contributed by atoms with Gasteiger partial charge in [0.25, 0.3) is 0 Å². The van der Waals surface area contributed by atoms with Gasteiger partial charge in [-0.1, -0.05) is 29.8 Å². The van der Waals surface area contributed by atoms with Crippen molar-refractivity contribution in [1.29, 1.82) is 0 Å². The van der Waals surface area contributed by atoms with Crippen molar-refractivity contribution >= 4 is 10.9 Å². The van der Waals surface area contributed by atoms with Crippen LogP contribution < -0.4 is 0 Å². The molecule has 4 bridgehead atoms. The molecule has 0 radical (unpaired) electrons. The summed E-state index contributed by atoms with van der Waals surface area (Å²) in [7, 11) is 0. The Morgan fingerprint density at radius 3 is 3.05 bits per heavy atom. The first-order valence-electron chi connectivity index (χ1n) is 8.43. The quantitative estimate of drug-likeness (QED) is 0.794. The van der Waals surface area contributed by atoms with Crippen LogP contribution in [0.25, 0.3) is 10.9 Å². The van der Waals surface area contributed by atoms with Gasteiger partial charge in [0.1, 0.15) is 0 Å². The lowest BCUT2D eigenvalue weighted by Crippen LogP contribution is -2.60. The molecule has 3 nitrogen and oxygen atoms in total. The van der Waals surface area contributed by atoms with E-state index in [9.17, 15) is 5.11 Å². The number of benzene rings is 1. The van der Waals surface area contributed by atoms with Crippen molar-refractivity contribution in [2.24, 2.45) is 11.8 Å². The molecule has 0 aliphatic carbocycles. The SMILES string of the molecule is C/C=C1/CN2[C@@H]3Cc4c([nH]c5ccccc45)[C@@H]2C[C@H]1[C@@H]3CO. The molecular formula is C19H22N2O. The van der Waals surface area contributed by atoms with Crippen LogP contribution in [0.4, 0.5) is 0 Å². The number of nitrogens with one attached hydrogen (secondary N) is 1. The van der Waals surface area contributed by atoms with Crippen molar-refractivity contribution in [3.63, 3.8) is 0 Å². The monoisotopic (exact) mass is 294 g/mol. The maximum atomic E-state index is 9.99. The average molecular weight is 294 g/mol. The molecule has 1 unspecified atom stereocenters. The Balaban J connectivity index is 1.69. The number of nitrogens with zero attached hydrogens (tertiary/aromatic N) is 1. The van der Waals surface area contributed by atoms with Crippen LogP contribution in [0.15, 0.2) is 35.9 Å². The second-order valence-electron chi connectivity index (χ2n) is 7.07. The van der Waals surface area contributed by atoms with E-state index >= 15 is 0 Å². The van der Waals surface area contributed by atoms with Crippen LogP contribution in [-0.2, 0) is 6.42 Å². The lowest BCUT2D eigenvalue weighted by Gasteiger charge is -2.58. The molecule has 3 saturated heterocycles. The van der Waals surface area contributed by atoms with Gasteiger partial charge in [0.2, 0.25) is 0 Å². The molecule has 1 aromatic carbocycles. The molecule has 3 fully saturated rings. The molecule has 1 aromatic heterocycles. The van der Waals surface area contributed by atoms with Crippen LogP contribution in [0.3, 0.4) is 0 Å². The summed E-state index contributed by atoms with van der Waals surface area (Å²) in [6, 6.07) is 9.68. The van der Waals surface area contributed by atoms with E-state index in [2.05, 4.69) is 47.1 Å². The fourth-order valence-electron chi connectivity index (χ4n) is 5.32. The molecule has 2 N–H and O–H groups in total. The molecule has 0 saturated carbocycles. The van der Waals surface area contributed by atoms with Gasteiger partial charge in [-0.3, -0.25) is 4.90 Å². The third kappa shape index (κ3) is 1.48. The molecule has 22 heavy (non-hydrogen) atoms. The van der Waals surface area contributed by atoms with Crippen molar-refractivity contribution in [2.75, 3.05) is 13.2 Å². The second kappa shape index (κ2) is 4.46. The van der Waals surface area contributed by atoms with Gasteiger partial charge in [-0.2, -0.15) is 0 Å². The smallest absolute Gasteiger partial charge is 0.0514 e. The number of aliphatic hydroxyl groups excluding tert-OH is 1. The summed E-state index contributed by atoms with van der Waals surface area (Å²) >= 11 is 0. The largest absolute Gasteiger partial charge is 0.396 e. The highest BCUT2D eigenvalue weighted by Crippen LogP contribution is 2.53. The molecule has 5 heterocycles. The van der Waals surface area contributed by atoms with Crippen molar-refractivity contribution in [3.05, 3.63) is 47.2 Å². The van der Waals surface area contributed by atoms with E-state index in [0.29, 0.717) is 30.5 Å². The Hall–Kier alpha value is -1.58. The van der Waals surface area contributed by atoms with Crippen LogP contribution in [0.2, 0.25) is 0 Å². The molecule has 6 rings (SSSR count). The summed E-state index contributed by atoms with van der Waals surface area (Å²) in [5.74, 6) is 0.965. The Morgan fingerprint density at radius 2 is 2.23 bits per heavy atom. The zero-order valence-corrected chi connectivity index (χ0v) is 12.9. The van der Waals surface area contributed by atoms with Gasteiger partial charge in [0.15, 0.2) is 0 Å². The summed E-state index contributed by atoms with van der Waals surface area (Å²) in [5.41, 5.74) is 5.74.